The summed E-state index contributed by atoms with van der Waals surface area (Å²) in [5, 5.41) is 5.69. The molecule has 2 aromatic rings. The lowest BCUT2D eigenvalue weighted by Crippen LogP contribution is -2.36. The number of fused-ring (bicyclic) bond motifs is 1. The number of rotatable bonds is 4. The first-order valence-corrected chi connectivity index (χ1v) is 8.41. The Labute approximate surface area is 127 Å². The van der Waals surface area contributed by atoms with Crippen molar-refractivity contribution in [2.75, 3.05) is 7.05 Å². The molecule has 0 radical (unpaired) electrons. The molecular weight excluding hydrogens is 318 g/mol. The van der Waals surface area contributed by atoms with E-state index in [9.17, 15) is 0 Å². The molecule has 0 spiro atoms. The lowest BCUT2D eigenvalue weighted by molar-refractivity contribution is 0.384. The molecule has 0 bridgehead atoms. The molecule has 1 aliphatic carbocycles. The molecule has 1 aliphatic rings. The van der Waals surface area contributed by atoms with Crippen molar-refractivity contribution in [3.63, 3.8) is 0 Å². The summed E-state index contributed by atoms with van der Waals surface area (Å²) in [5.41, 5.74) is 3.08. The maximum Gasteiger partial charge on any atom is 0.0314 e. The fourth-order valence-corrected chi connectivity index (χ4v) is 4.63. The van der Waals surface area contributed by atoms with Crippen LogP contribution in [0.4, 0.5) is 0 Å². The molecule has 1 atom stereocenters. The van der Waals surface area contributed by atoms with E-state index >= 15 is 0 Å². The van der Waals surface area contributed by atoms with Gasteiger partial charge in [0.2, 0.25) is 0 Å². The molecule has 0 saturated heterocycles. The molecule has 3 rings (SSSR count). The van der Waals surface area contributed by atoms with Crippen molar-refractivity contribution in [2.45, 2.75) is 25.3 Å². The maximum atomic E-state index is 3.64. The van der Waals surface area contributed by atoms with Crippen LogP contribution in [0.5, 0.6) is 0 Å². The SMILES string of the molecule is CNC(Cc1sccc1Br)C1Cc2ccccc2C1. The van der Waals surface area contributed by atoms with Gasteiger partial charge in [-0.2, -0.15) is 0 Å². The van der Waals surface area contributed by atoms with Gasteiger partial charge in [-0.3, -0.25) is 0 Å². The number of hydrogen-bond acceptors (Lipinski definition) is 2. The van der Waals surface area contributed by atoms with E-state index < -0.39 is 0 Å². The van der Waals surface area contributed by atoms with E-state index in [-0.39, 0.29) is 0 Å². The van der Waals surface area contributed by atoms with E-state index in [4.69, 9.17) is 0 Å². The first-order valence-electron chi connectivity index (χ1n) is 6.74. The fourth-order valence-electron chi connectivity index (χ4n) is 3.05. The predicted octanol–water partition coefficient (Wildman–Crippen LogP) is 4.06. The third kappa shape index (κ3) is 2.78. The van der Waals surface area contributed by atoms with Gasteiger partial charge < -0.3 is 5.32 Å². The van der Waals surface area contributed by atoms with E-state index in [1.807, 2.05) is 11.3 Å². The summed E-state index contributed by atoms with van der Waals surface area (Å²) >= 11 is 5.49. The smallest absolute Gasteiger partial charge is 0.0314 e. The van der Waals surface area contributed by atoms with Gasteiger partial charge in [-0.25, -0.2) is 0 Å². The largest absolute Gasteiger partial charge is 0.316 e. The lowest BCUT2D eigenvalue weighted by atomic mass is 9.93. The summed E-state index contributed by atoms with van der Waals surface area (Å²) in [6.45, 7) is 0. The number of likely N-dealkylation sites (N-methyl/N-ethyl adjacent to an activating group) is 1. The van der Waals surface area contributed by atoms with Crippen molar-refractivity contribution in [1.29, 1.82) is 0 Å². The van der Waals surface area contributed by atoms with Crippen LogP contribution in [-0.4, -0.2) is 13.1 Å². The van der Waals surface area contributed by atoms with Crippen LogP contribution >= 0.6 is 27.3 Å². The molecule has 100 valence electrons. The lowest BCUT2D eigenvalue weighted by Gasteiger charge is -2.22. The minimum Gasteiger partial charge on any atom is -0.316 e. The maximum absolute atomic E-state index is 3.64. The van der Waals surface area contributed by atoms with Crippen molar-refractivity contribution in [3.05, 3.63) is 56.2 Å². The van der Waals surface area contributed by atoms with Crippen molar-refractivity contribution < 1.29 is 0 Å². The van der Waals surface area contributed by atoms with E-state index in [1.165, 1.54) is 33.3 Å². The highest BCUT2D eigenvalue weighted by Crippen LogP contribution is 2.32. The monoisotopic (exact) mass is 335 g/mol. The van der Waals surface area contributed by atoms with Crippen LogP contribution in [0.1, 0.15) is 16.0 Å². The second-order valence-electron chi connectivity index (χ2n) is 5.23. The Morgan fingerprint density at radius 1 is 1.26 bits per heavy atom. The number of thiophene rings is 1. The average molecular weight is 336 g/mol. The highest BCUT2D eigenvalue weighted by atomic mass is 79.9. The molecular formula is C16H18BrNS. The normalized spacial score (nSPS) is 16.5. The third-order valence-corrected chi connectivity index (χ3v) is 6.07. The zero-order valence-corrected chi connectivity index (χ0v) is 13.4. The van der Waals surface area contributed by atoms with Gasteiger partial charge in [-0.05, 0) is 70.7 Å². The Morgan fingerprint density at radius 3 is 2.47 bits per heavy atom. The molecule has 1 unspecified atom stereocenters. The molecule has 1 heterocycles. The molecule has 0 aliphatic heterocycles. The van der Waals surface area contributed by atoms with E-state index in [0.717, 1.165) is 12.3 Å². The molecule has 0 saturated carbocycles. The summed E-state index contributed by atoms with van der Waals surface area (Å²) in [5.74, 6) is 0.719. The van der Waals surface area contributed by atoms with Crippen LogP contribution in [0.3, 0.4) is 0 Å². The Morgan fingerprint density at radius 2 is 1.95 bits per heavy atom. The van der Waals surface area contributed by atoms with Crippen LogP contribution in [0, 0.1) is 5.92 Å². The molecule has 1 nitrogen and oxygen atoms in total. The quantitative estimate of drug-likeness (QED) is 0.888. The van der Waals surface area contributed by atoms with E-state index in [1.54, 1.807) is 0 Å². The molecule has 3 heteroatoms. The molecule has 0 amide bonds. The summed E-state index contributed by atoms with van der Waals surface area (Å²) < 4.78 is 1.26. The van der Waals surface area contributed by atoms with Crippen molar-refractivity contribution in [1.82, 2.24) is 5.32 Å². The van der Waals surface area contributed by atoms with Gasteiger partial charge in [-0.1, -0.05) is 24.3 Å². The minimum atomic E-state index is 0.558. The summed E-state index contributed by atoms with van der Waals surface area (Å²) in [7, 11) is 2.09. The van der Waals surface area contributed by atoms with Crippen LogP contribution in [0.25, 0.3) is 0 Å². The van der Waals surface area contributed by atoms with Crippen LogP contribution in [0.2, 0.25) is 0 Å². The predicted molar refractivity (Wildman–Crippen MR) is 85.9 cm³/mol. The van der Waals surface area contributed by atoms with Gasteiger partial charge in [0.05, 0.1) is 0 Å². The van der Waals surface area contributed by atoms with Crippen molar-refractivity contribution in [2.24, 2.45) is 5.92 Å². The summed E-state index contributed by atoms with van der Waals surface area (Å²) in [4.78, 5) is 1.45. The Hall–Kier alpha value is -0.640. The zero-order valence-electron chi connectivity index (χ0n) is 11.0. The Kier molecular flexibility index (Phi) is 4.06. The molecule has 1 aromatic heterocycles. The molecule has 1 aromatic carbocycles. The third-order valence-electron chi connectivity index (χ3n) is 4.12. The van der Waals surface area contributed by atoms with E-state index in [2.05, 4.69) is 64.0 Å². The van der Waals surface area contributed by atoms with Crippen LogP contribution < -0.4 is 5.32 Å². The Balaban J connectivity index is 1.73. The van der Waals surface area contributed by atoms with Crippen molar-refractivity contribution >= 4 is 27.3 Å². The number of benzene rings is 1. The van der Waals surface area contributed by atoms with Crippen LogP contribution in [-0.2, 0) is 19.3 Å². The van der Waals surface area contributed by atoms with Crippen molar-refractivity contribution in [3.8, 4) is 0 Å². The van der Waals surface area contributed by atoms with Gasteiger partial charge in [0.1, 0.15) is 0 Å². The number of hydrogen-bond donors (Lipinski definition) is 1. The van der Waals surface area contributed by atoms with E-state index in [0.29, 0.717) is 6.04 Å². The standard InChI is InChI=1S/C16H18BrNS/c1-18-15(10-16-14(17)6-7-19-16)13-8-11-4-2-3-5-12(11)9-13/h2-7,13,15,18H,8-10H2,1H3. The average Bonchev–Trinajstić information content (AvgIpc) is 3.02. The minimum absolute atomic E-state index is 0.558. The highest BCUT2D eigenvalue weighted by Gasteiger charge is 2.28. The fraction of sp³-hybridized carbons (Fsp3) is 0.375. The molecule has 1 N–H and O–H groups in total. The number of halogens is 1. The molecule has 19 heavy (non-hydrogen) atoms. The number of nitrogens with one attached hydrogen (secondary N) is 1. The second kappa shape index (κ2) is 5.78. The second-order valence-corrected chi connectivity index (χ2v) is 7.08. The van der Waals surface area contributed by atoms with Crippen LogP contribution in [0.15, 0.2) is 40.2 Å². The van der Waals surface area contributed by atoms with Gasteiger partial charge in [-0.15, -0.1) is 11.3 Å². The molecule has 0 fully saturated rings. The summed E-state index contributed by atoms with van der Waals surface area (Å²) in [6.07, 6.45) is 3.54. The Bertz CT molecular complexity index is 538. The highest BCUT2D eigenvalue weighted by molar-refractivity contribution is 9.10. The van der Waals surface area contributed by atoms with Gasteiger partial charge in [0, 0.05) is 15.4 Å². The zero-order chi connectivity index (χ0) is 13.2. The summed E-state index contributed by atoms with van der Waals surface area (Å²) in [6, 6.07) is 11.6. The van der Waals surface area contributed by atoms with Gasteiger partial charge in [0.15, 0.2) is 0 Å². The topological polar surface area (TPSA) is 12.0 Å². The van der Waals surface area contributed by atoms with Gasteiger partial charge >= 0.3 is 0 Å². The van der Waals surface area contributed by atoms with Gasteiger partial charge in [0.25, 0.3) is 0 Å². The first-order chi connectivity index (χ1) is 9.28. The first kappa shape index (κ1) is 13.3.